The minimum atomic E-state index is -3.57. The van der Waals surface area contributed by atoms with Gasteiger partial charge >= 0.3 is 0 Å². The van der Waals surface area contributed by atoms with Gasteiger partial charge in [0.05, 0.1) is 5.02 Å². The van der Waals surface area contributed by atoms with Gasteiger partial charge in [-0.25, -0.2) is 8.42 Å². The van der Waals surface area contributed by atoms with Crippen LogP contribution >= 0.6 is 46.9 Å². The summed E-state index contributed by atoms with van der Waals surface area (Å²) in [5.74, 6) is 0.791. The van der Waals surface area contributed by atoms with Crippen molar-refractivity contribution in [2.75, 3.05) is 20.1 Å². The average molecular weight is 446 g/mol. The number of halogens is 3. The van der Waals surface area contributed by atoms with E-state index in [1.54, 1.807) is 7.05 Å². The number of hydrogen-bond donors (Lipinski definition) is 0. The summed E-state index contributed by atoms with van der Waals surface area (Å²) in [4.78, 5) is 2.47. The molecule has 2 heterocycles. The van der Waals surface area contributed by atoms with Crippen molar-refractivity contribution in [1.82, 2.24) is 9.21 Å². The summed E-state index contributed by atoms with van der Waals surface area (Å²) >= 11 is 12.8. The van der Waals surface area contributed by atoms with E-state index in [4.69, 9.17) is 23.2 Å². The first kappa shape index (κ1) is 21.5. The van der Waals surface area contributed by atoms with Crippen molar-refractivity contribution in [3.8, 4) is 0 Å². The number of rotatable bonds is 4. The van der Waals surface area contributed by atoms with Crippen LogP contribution in [0.4, 0.5) is 0 Å². The molecule has 0 spiro atoms. The SMILES string of the molecule is CC1CCN(C2C=CC(N(C)S(=O)(=O)c3cc(Cl)c(Cl)s3)C2)CC1.Cl. The summed E-state index contributed by atoms with van der Waals surface area (Å²) < 4.78 is 27.5. The van der Waals surface area contributed by atoms with Crippen molar-refractivity contribution in [3.63, 3.8) is 0 Å². The molecular formula is C16H23Cl3N2O2S2. The van der Waals surface area contributed by atoms with Gasteiger partial charge in [0, 0.05) is 19.1 Å². The fourth-order valence-electron chi connectivity index (χ4n) is 3.34. The van der Waals surface area contributed by atoms with Gasteiger partial charge in [0.25, 0.3) is 10.0 Å². The molecule has 4 nitrogen and oxygen atoms in total. The zero-order valence-corrected chi connectivity index (χ0v) is 18.2. The maximum Gasteiger partial charge on any atom is 0.252 e. The van der Waals surface area contributed by atoms with E-state index in [1.165, 1.54) is 23.2 Å². The average Bonchev–Trinajstić information content (AvgIpc) is 3.15. The summed E-state index contributed by atoms with van der Waals surface area (Å²) in [5, 5.41) is 0.288. The van der Waals surface area contributed by atoms with Gasteiger partial charge in [0.15, 0.2) is 0 Å². The Morgan fingerprint density at radius 2 is 1.88 bits per heavy atom. The molecule has 0 saturated carbocycles. The highest BCUT2D eigenvalue weighted by Gasteiger charge is 2.34. The first-order valence-corrected chi connectivity index (χ1v) is 11.2. The maximum atomic E-state index is 12.8. The van der Waals surface area contributed by atoms with E-state index < -0.39 is 10.0 Å². The van der Waals surface area contributed by atoms with Crippen LogP contribution < -0.4 is 0 Å². The molecule has 1 aliphatic heterocycles. The van der Waals surface area contributed by atoms with Crippen molar-refractivity contribution < 1.29 is 8.42 Å². The Labute approximate surface area is 170 Å². The number of likely N-dealkylation sites (tertiary alicyclic amines) is 1. The van der Waals surface area contributed by atoms with Crippen molar-refractivity contribution in [2.45, 2.75) is 42.5 Å². The molecule has 3 rings (SSSR count). The Kier molecular flexibility index (Phi) is 7.27. The minimum Gasteiger partial charge on any atom is -0.297 e. The van der Waals surface area contributed by atoms with Gasteiger partial charge in [0.2, 0.25) is 0 Å². The minimum absolute atomic E-state index is 0. The molecule has 1 aliphatic carbocycles. The molecule has 0 amide bonds. The summed E-state index contributed by atoms with van der Waals surface area (Å²) in [6.45, 7) is 4.48. The number of sulfonamides is 1. The van der Waals surface area contributed by atoms with Crippen molar-refractivity contribution >= 4 is 57.0 Å². The lowest BCUT2D eigenvalue weighted by Gasteiger charge is -2.35. The van der Waals surface area contributed by atoms with Crippen LogP contribution in [0.15, 0.2) is 22.4 Å². The van der Waals surface area contributed by atoms with E-state index in [9.17, 15) is 8.42 Å². The largest absolute Gasteiger partial charge is 0.297 e. The van der Waals surface area contributed by atoms with Gasteiger partial charge in [-0.1, -0.05) is 42.3 Å². The molecule has 0 aromatic carbocycles. The monoisotopic (exact) mass is 444 g/mol. The van der Waals surface area contributed by atoms with Crippen molar-refractivity contribution in [1.29, 1.82) is 0 Å². The van der Waals surface area contributed by atoms with Crippen LogP contribution in [0.25, 0.3) is 0 Å². The Bertz CT molecular complexity index is 708. The zero-order valence-electron chi connectivity index (χ0n) is 14.2. The van der Waals surface area contributed by atoms with Crippen LogP contribution in [-0.2, 0) is 10.0 Å². The molecule has 2 atom stereocenters. The normalized spacial score (nSPS) is 25.5. The van der Waals surface area contributed by atoms with Crippen LogP contribution in [0.1, 0.15) is 26.2 Å². The lowest BCUT2D eigenvalue weighted by atomic mass is 9.97. The number of nitrogens with zero attached hydrogens (tertiary/aromatic N) is 2. The zero-order chi connectivity index (χ0) is 17.5. The van der Waals surface area contributed by atoms with E-state index in [2.05, 4.69) is 17.9 Å². The van der Waals surface area contributed by atoms with Crippen LogP contribution in [0.5, 0.6) is 0 Å². The van der Waals surface area contributed by atoms with Crippen LogP contribution in [0.3, 0.4) is 0 Å². The molecule has 1 fully saturated rings. The first-order valence-electron chi connectivity index (χ1n) is 8.14. The third kappa shape index (κ3) is 4.54. The second-order valence-electron chi connectivity index (χ2n) is 6.68. The third-order valence-corrected chi connectivity index (χ3v) is 9.25. The molecule has 1 aromatic heterocycles. The van der Waals surface area contributed by atoms with Crippen molar-refractivity contribution in [2.24, 2.45) is 5.92 Å². The Morgan fingerprint density at radius 1 is 1.24 bits per heavy atom. The van der Waals surface area contributed by atoms with Gasteiger partial charge in [-0.2, -0.15) is 4.31 Å². The number of piperidine rings is 1. The van der Waals surface area contributed by atoms with Crippen LogP contribution in [0.2, 0.25) is 9.36 Å². The van der Waals surface area contributed by atoms with Gasteiger partial charge in [0.1, 0.15) is 8.55 Å². The predicted molar refractivity (Wildman–Crippen MR) is 108 cm³/mol. The number of likely N-dealkylation sites (N-methyl/N-ethyl adjacent to an activating group) is 1. The molecule has 25 heavy (non-hydrogen) atoms. The van der Waals surface area contributed by atoms with E-state index in [0.29, 0.717) is 10.4 Å². The summed E-state index contributed by atoms with van der Waals surface area (Å²) in [6, 6.07) is 1.64. The topological polar surface area (TPSA) is 40.6 Å². The molecule has 1 saturated heterocycles. The Hall–Kier alpha value is 0.180. The Balaban J connectivity index is 0.00000225. The quantitative estimate of drug-likeness (QED) is 0.639. The lowest BCUT2D eigenvalue weighted by molar-refractivity contribution is 0.153. The van der Waals surface area contributed by atoms with Gasteiger partial charge in [-0.3, -0.25) is 4.90 Å². The number of hydrogen-bond acceptors (Lipinski definition) is 4. The van der Waals surface area contributed by atoms with E-state index >= 15 is 0 Å². The van der Waals surface area contributed by atoms with E-state index in [-0.39, 0.29) is 27.7 Å². The fourth-order valence-corrected chi connectivity index (χ4v) is 6.73. The molecule has 2 aliphatic rings. The third-order valence-electron chi connectivity index (χ3n) is 5.05. The van der Waals surface area contributed by atoms with E-state index in [0.717, 1.165) is 36.8 Å². The molecule has 1 aromatic rings. The molecule has 142 valence electrons. The van der Waals surface area contributed by atoms with Gasteiger partial charge in [-0.15, -0.1) is 23.7 Å². The highest BCUT2D eigenvalue weighted by Crippen LogP contribution is 2.37. The van der Waals surface area contributed by atoms with Crippen LogP contribution in [-0.4, -0.2) is 49.8 Å². The molecule has 0 radical (unpaired) electrons. The molecular weight excluding hydrogens is 423 g/mol. The molecule has 0 N–H and O–H groups in total. The second-order valence-corrected chi connectivity index (χ2v) is 11.0. The predicted octanol–water partition coefficient (Wildman–Crippen LogP) is 4.53. The van der Waals surface area contributed by atoms with Crippen LogP contribution in [0, 0.1) is 5.92 Å². The smallest absolute Gasteiger partial charge is 0.252 e. The summed E-state index contributed by atoms with van der Waals surface area (Å²) in [5.41, 5.74) is 0. The standard InChI is InChI=1S/C16H22Cl2N2O2S2.ClH/c1-11-5-7-20(8-6-11)13-4-3-12(9-13)19(2)24(21,22)15-10-14(17)16(18)23-15;/h3-4,10-13H,5-9H2,1-2H3;1H. The lowest BCUT2D eigenvalue weighted by Crippen LogP contribution is -2.42. The van der Waals surface area contributed by atoms with E-state index in [1.807, 2.05) is 6.08 Å². The number of thiophene rings is 1. The van der Waals surface area contributed by atoms with Crippen molar-refractivity contribution in [3.05, 3.63) is 27.6 Å². The Morgan fingerprint density at radius 3 is 2.44 bits per heavy atom. The summed E-state index contributed by atoms with van der Waals surface area (Å²) in [7, 11) is -1.94. The maximum absolute atomic E-state index is 12.8. The van der Waals surface area contributed by atoms with Gasteiger partial charge in [-0.05, 0) is 44.3 Å². The molecule has 0 bridgehead atoms. The fraction of sp³-hybridized carbons (Fsp3) is 0.625. The highest BCUT2D eigenvalue weighted by atomic mass is 35.5. The summed E-state index contributed by atoms with van der Waals surface area (Å²) in [6.07, 6.45) is 7.40. The molecule has 2 unspecified atom stereocenters. The molecule has 9 heteroatoms. The first-order chi connectivity index (χ1) is 11.3. The highest BCUT2D eigenvalue weighted by molar-refractivity contribution is 7.91. The van der Waals surface area contributed by atoms with Gasteiger partial charge < -0.3 is 0 Å². The second kappa shape index (κ2) is 8.46.